The van der Waals surface area contributed by atoms with Gasteiger partial charge in [0.1, 0.15) is 0 Å². The van der Waals surface area contributed by atoms with E-state index in [-0.39, 0.29) is 0 Å². The summed E-state index contributed by atoms with van der Waals surface area (Å²) in [5.74, 6) is -0.835. The van der Waals surface area contributed by atoms with Crippen LogP contribution in [-0.2, 0) is 14.2 Å². The first kappa shape index (κ1) is 41.9. The van der Waals surface area contributed by atoms with E-state index in [9.17, 15) is 0 Å². The van der Waals surface area contributed by atoms with Crippen LogP contribution in [0, 0.1) is 0 Å². The van der Waals surface area contributed by atoms with E-state index in [2.05, 4.69) is 27.7 Å². The zero-order chi connectivity index (χ0) is 30.7. The molecule has 3 nitrogen and oxygen atoms in total. The minimum atomic E-state index is -0.835. The number of hydrogen-bond acceptors (Lipinski definition) is 3. The highest BCUT2D eigenvalue weighted by atomic mass is 16.9. The summed E-state index contributed by atoms with van der Waals surface area (Å²) in [6.07, 6.45) is 41.1. The zero-order valence-corrected chi connectivity index (χ0v) is 29.8. The van der Waals surface area contributed by atoms with Gasteiger partial charge in [0.25, 0.3) is 5.97 Å². The van der Waals surface area contributed by atoms with E-state index in [1.54, 1.807) is 0 Å². The van der Waals surface area contributed by atoms with E-state index >= 15 is 0 Å². The maximum absolute atomic E-state index is 6.39. The SMILES string of the molecule is CCCCCCCCCCCCOC(CC)(OCCCCCCCCCCCC)OCCCCCCCCCCCC. The monoisotopic (exact) mass is 597 g/mol. The van der Waals surface area contributed by atoms with Crippen molar-refractivity contribution >= 4 is 0 Å². The van der Waals surface area contributed by atoms with Crippen LogP contribution < -0.4 is 0 Å². The Morgan fingerprint density at radius 1 is 0.262 bits per heavy atom. The Bertz CT molecular complexity index is 416. The molecule has 254 valence electrons. The van der Waals surface area contributed by atoms with Gasteiger partial charge in [-0.05, 0) is 19.3 Å². The highest BCUT2D eigenvalue weighted by Crippen LogP contribution is 2.23. The summed E-state index contributed by atoms with van der Waals surface area (Å²) >= 11 is 0. The second kappa shape index (κ2) is 35.4. The average Bonchev–Trinajstić information content (AvgIpc) is 3.01. The summed E-state index contributed by atoms with van der Waals surface area (Å²) in [4.78, 5) is 0. The number of rotatable bonds is 37. The van der Waals surface area contributed by atoms with Crippen molar-refractivity contribution in [3.8, 4) is 0 Å². The van der Waals surface area contributed by atoms with Crippen molar-refractivity contribution in [1.29, 1.82) is 0 Å². The van der Waals surface area contributed by atoms with Crippen molar-refractivity contribution in [3.05, 3.63) is 0 Å². The second-order valence-corrected chi connectivity index (χ2v) is 13.1. The van der Waals surface area contributed by atoms with E-state index in [1.807, 2.05) is 0 Å². The number of hydrogen-bond donors (Lipinski definition) is 0. The summed E-state index contributed by atoms with van der Waals surface area (Å²) in [5.41, 5.74) is 0. The lowest BCUT2D eigenvalue weighted by molar-refractivity contribution is -0.382. The molecule has 0 aliphatic heterocycles. The van der Waals surface area contributed by atoms with Crippen LogP contribution in [-0.4, -0.2) is 25.8 Å². The van der Waals surface area contributed by atoms with Crippen LogP contribution in [0.15, 0.2) is 0 Å². The van der Waals surface area contributed by atoms with E-state index in [0.717, 1.165) is 45.5 Å². The molecule has 0 aromatic heterocycles. The highest BCUT2D eigenvalue weighted by molar-refractivity contribution is 4.58. The molecule has 0 rings (SSSR count). The Hall–Kier alpha value is -0.120. The fraction of sp³-hybridized carbons (Fsp3) is 1.00. The molecule has 0 radical (unpaired) electrons. The Morgan fingerprint density at radius 3 is 0.643 bits per heavy atom. The van der Waals surface area contributed by atoms with Crippen molar-refractivity contribution in [2.24, 2.45) is 0 Å². The molecule has 0 heterocycles. The molecule has 0 amide bonds. The number of unbranched alkanes of at least 4 members (excludes halogenated alkanes) is 27. The van der Waals surface area contributed by atoms with Gasteiger partial charge in [-0.3, -0.25) is 0 Å². The van der Waals surface area contributed by atoms with Gasteiger partial charge in [0.2, 0.25) is 0 Å². The van der Waals surface area contributed by atoms with E-state index in [4.69, 9.17) is 14.2 Å². The third-order valence-electron chi connectivity index (χ3n) is 8.89. The molecule has 0 aliphatic carbocycles. The summed E-state index contributed by atoms with van der Waals surface area (Å²) < 4.78 is 19.2. The molecule has 3 heteroatoms. The van der Waals surface area contributed by atoms with Gasteiger partial charge >= 0.3 is 0 Å². The molecular weight excluding hydrogens is 516 g/mol. The molecular formula is C39H80O3. The predicted octanol–water partition coefficient (Wildman–Crippen LogP) is 13.9. The van der Waals surface area contributed by atoms with Crippen LogP contribution in [0.1, 0.15) is 227 Å². The van der Waals surface area contributed by atoms with Crippen molar-refractivity contribution in [2.75, 3.05) is 19.8 Å². The normalized spacial score (nSPS) is 12.0. The largest absolute Gasteiger partial charge is 0.327 e. The number of ether oxygens (including phenoxy) is 3. The van der Waals surface area contributed by atoms with Crippen LogP contribution in [0.5, 0.6) is 0 Å². The van der Waals surface area contributed by atoms with Gasteiger partial charge < -0.3 is 14.2 Å². The van der Waals surface area contributed by atoms with Gasteiger partial charge in [0.15, 0.2) is 0 Å². The van der Waals surface area contributed by atoms with Crippen LogP contribution in [0.2, 0.25) is 0 Å². The van der Waals surface area contributed by atoms with Gasteiger partial charge in [-0.1, -0.05) is 201 Å². The Morgan fingerprint density at radius 2 is 0.452 bits per heavy atom. The van der Waals surface area contributed by atoms with Gasteiger partial charge in [-0.15, -0.1) is 0 Å². The first-order chi connectivity index (χ1) is 20.7. The molecule has 0 N–H and O–H groups in total. The molecule has 42 heavy (non-hydrogen) atoms. The van der Waals surface area contributed by atoms with Crippen molar-refractivity contribution < 1.29 is 14.2 Å². The predicted molar refractivity (Wildman–Crippen MR) is 186 cm³/mol. The maximum Gasteiger partial charge on any atom is 0.282 e. The van der Waals surface area contributed by atoms with Crippen LogP contribution in [0.4, 0.5) is 0 Å². The van der Waals surface area contributed by atoms with Gasteiger partial charge in [-0.2, -0.15) is 0 Å². The third kappa shape index (κ3) is 29.9. The quantitative estimate of drug-likeness (QED) is 0.0527. The lowest BCUT2D eigenvalue weighted by Gasteiger charge is -2.32. The van der Waals surface area contributed by atoms with E-state index < -0.39 is 5.97 Å². The van der Waals surface area contributed by atoms with Gasteiger partial charge in [0.05, 0.1) is 19.8 Å². The Kier molecular flexibility index (Phi) is 35.3. The minimum Gasteiger partial charge on any atom is -0.327 e. The molecule has 0 unspecified atom stereocenters. The first-order valence-electron chi connectivity index (χ1n) is 19.7. The topological polar surface area (TPSA) is 27.7 Å². The summed E-state index contributed by atoms with van der Waals surface area (Å²) in [5, 5.41) is 0. The molecule has 0 saturated heterocycles. The molecule has 0 aliphatic rings. The van der Waals surface area contributed by atoms with E-state index in [0.29, 0.717) is 0 Å². The van der Waals surface area contributed by atoms with Crippen molar-refractivity contribution in [3.63, 3.8) is 0 Å². The molecule has 0 saturated carbocycles. The zero-order valence-electron chi connectivity index (χ0n) is 29.8. The lowest BCUT2D eigenvalue weighted by Crippen LogP contribution is -2.39. The van der Waals surface area contributed by atoms with Crippen LogP contribution in [0.25, 0.3) is 0 Å². The van der Waals surface area contributed by atoms with Gasteiger partial charge in [0, 0.05) is 6.42 Å². The van der Waals surface area contributed by atoms with E-state index in [1.165, 1.54) is 173 Å². The van der Waals surface area contributed by atoms with Crippen LogP contribution in [0.3, 0.4) is 0 Å². The second-order valence-electron chi connectivity index (χ2n) is 13.1. The average molecular weight is 597 g/mol. The fourth-order valence-electron chi connectivity index (χ4n) is 5.88. The Labute approximate surface area is 266 Å². The minimum absolute atomic E-state index is 0.750. The van der Waals surface area contributed by atoms with Crippen molar-refractivity contribution in [1.82, 2.24) is 0 Å². The summed E-state index contributed by atoms with van der Waals surface area (Å²) in [7, 11) is 0. The lowest BCUT2D eigenvalue weighted by atomic mass is 10.1. The standard InChI is InChI=1S/C39H80O3/c1-5-9-12-15-18-21-24-27-30-33-36-40-39(8-4,41-37-34-31-28-25-22-19-16-13-10-6-2)42-38-35-32-29-26-23-20-17-14-11-7-3/h5-38H2,1-4H3. The fourth-order valence-corrected chi connectivity index (χ4v) is 5.88. The summed E-state index contributed by atoms with van der Waals surface area (Å²) in [6, 6.07) is 0. The maximum atomic E-state index is 6.39. The Balaban J connectivity index is 4.21. The molecule has 0 bridgehead atoms. The van der Waals surface area contributed by atoms with Crippen LogP contribution >= 0.6 is 0 Å². The molecule has 0 atom stereocenters. The molecule has 0 aromatic carbocycles. The third-order valence-corrected chi connectivity index (χ3v) is 8.89. The van der Waals surface area contributed by atoms with Gasteiger partial charge in [-0.25, -0.2) is 0 Å². The van der Waals surface area contributed by atoms with Crippen molar-refractivity contribution in [2.45, 2.75) is 233 Å². The smallest absolute Gasteiger partial charge is 0.282 e. The highest BCUT2D eigenvalue weighted by Gasteiger charge is 2.31. The molecule has 0 fully saturated rings. The first-order valence-corrected chi connectivity index (χ1v) is 19.7. The molecule has 0 aromatic rings. The summed E-state index contributed by atoms with van der Waals surface area (Å²) in [6.45, 7) is 11.3. The molecule has 0 spiro atoms.